The Morgan fingerprint density at radius 3 is 2.53 bits per heavy atom. The molecule has 0 unspecified atom stereocenters. The molecule has 1 amide bonds. The Morgan fingerprint density at radius 1 is 0.972 bits per heavy atom. The number of phenolic OH excluding ortho intramolecular Hbond substituents is 1. The van der Waals surface area contributed by atoms with Gasteiger partial charge in [0.1, 0.15) is 5.75 Å². The second-order valence-corrected chi connectivity index (χ2v) is 10.8. The van der Waals surface area contributed by atoms with Gasteiger partial charge in [-0.05, 0) is 80.0 Å². The highest BCUT2D eigenvalue weighted by molar-refractivity contribution is 6.42. The van der Waals surface area contributed by atoms with Crippen molar-refractivity contribution in [2.75, 3.05) is 32.8 Å². The number of hydrogen-bond donors (Lipinski definition) is 2. The fraction of sp³-hybridized carbons (Fsp3) is 0.429. The molecule has 2 aliphatic rings. The number of aliphatic hydroxyl groups is 1. The number of fused-ring (bicyclic) bond motifs is 1. The van der Waals surface area contributed by atoms with Gasteiger partial charge in [-0.3, -0.25) is 14.7 Å². The third-order valence-electron chi connectivity index (χ3n) is 7.86. The molecular weight excluding hydrogens is 497 g/mol. The van der Waals surface area contributed by atoms with Crippen molar-refractivity contribution in [2.24, 2.45) is 11.8 Å². The lowest BCUT2D eigenvalue weighted by atomic mass is 9.80. The number of hydrogen-bond acceptors (Lipinski definition) is 5. The van der Waals surface area contributed by atoms with Gasteiger partial charge < -0.3 is 15.1 Å². The number of aromatic nitrogens is 1. The first-order valence-corrected chi connectivity index (χ1v) is 13.3. The molecule has 2 atom stereocenters. The molecule has 0 aliphatic carbocycles. The summed E-state index contributed by atoms with van der Waals surface area (Å²) in [6, 6.07) is 12.9. The van der Waals surface area contributed by atoms with E-state index in [4.69, 9.17) is 23.2 Å². The fourth-order valence-corrected chi connectivity index (χ4v) is 6.13. The summed E-state index contributed by atoms with van der Waals surface area (Å²) in [4.78, 5) is 22.0. The Hall–Kier alpha value is -2.38. The lowest BCUT2D eigenvalue weighted by Crippen LogP contribution is -2.52. The van der Waals surface area contributed by atoms with Gasteiger partial charge in [0.2, 0.25) is 0 Å². The van der Waals surface area contributed by atoms with Crippen LogP contribution in [0.25, 0.3) is 10.9 Å². The van der Waals surface area contributed by atoms with Crippen molar-refractivity contribution in [1.82, 2.24) is 14.8 Å². The van der Waals surface area contributed by atoms with Gasteiger partial charge in [0.25, 0.3) is 5.91 Å². The van der Waals surface area contributed by atoms with Gasteiger partial charge in [-0.1, -0.05) is 29.3 Å². The number of piperidine rings is 2. The Kier molecular flexibility index (Phi) is 7.68. The molecule has 2 aliphatic heterocycles. The van der Waals surface area contributed by atoms with E-state index in [2.05, 4.69) is 9.88 Å². The number of pyridine rings is 1. The summed E-state index contributed by atoms with van der Waals surface area (Å²) in [6.45, 7) is 3.46. The zero-order valence-corrected chi connectivity index (χ0v) is 21.6. The molecule has 3 heterocycles. The van der Waals surface area contributed by atoms with Gasteiger partial charge in [0.05, 0.1) is 21.1 Å². The van der Waals surface area contributed by atoms with Crippen LogP contribution in [0.1, 0.15) is 35.2 Å². The van der Waals surface area contributed by atoms with E-state index in [0.717, 1.165) is 49.7 Å². The fourth-order valence-electron chi connectivity index (χ4n) is 5.81. The van der Waals surface area contributed by atoms with E-state index in [-0.39, 0.29) is 24.2 Å². The average Bonchev–Trinajstić information content (AvgIpc) is 2.90. The number of nitrogens with zero attached hydrogens (tertiary/aromatic N) is 3. The molecule has 0 radical (unpaired) electrons. The molecule has 0 saturated carbocycles. The van der Waals surface area contributed by atoms with Gasteiger partial charge >= 0.3 is 0 Å². The van der Waals surface area contributed by atoms with E-state index in [1.807, 2.05) is 23.1 Å². The minimum Gasteiger partial charge on any atom is -0.508 e. The predicted octanol–water partition coefficient (Wildman–Crippen LogP) is 5.02. The summed E-state index contributed by atoms with van der Waals surface area (Å²) in [7, 11) is 0. The third kappa shape index (κ3) is 5.32. The van der Waals surface area contributed by atoms with Crippen LogP contribution in [0.2, 0.25) is 10.0 Å². The van der Waals surface area contributed by atoms with E-state index < -0.39 is 0 Å². The molecule has 2 N–H and O–H groups in total. The van der Waals surface area contributed by atoms with Crippen molar-refractivity contribution >= 4 is 40.0 Å². The van der Waals surface area contributed by atoms with Crippen molar-refractivity contribution in [3.8, 4) is 5.75 Å². The largest absolute Gasteiger partial charge is 0.508 e. The monoisotopic (exact) mass is 527 g/mol. The van der Waals surface area contributed by atoms with Gasteiger partial charge in [-0.2, -0.15) is 0 Å². The first-order chi connectivity index (χ1) is 17.4. The Morgan fingerprint density at radius 2 is 1.78 bits per heavy atom. The number of amides is 1. The van der Waals surface area contributed by atoms with E-state index in [0.29, 0.717) is 46.2 Å². The van der Waals surface area contributed by atoms with Crippen LogP contribution in [0, 0.1) is 11.8 Å². The average molecular weight is 528 g/mol. The molecule has 5 rings (SSSR count). The van der Waals surface area contributed by atoms with Crippen molar-refractivity contribution in [1.29, 1.82) is 0 Å². The normalized spacial score (nSPS) is 21.7. The molecule has 8 heteroatoms. The first-order valence-electron chi connectivity index (χ1n) is 12.6. The van der Waals surface area contributed by atoms with Crippen LogP contribution in [-0.4, -0.2) is 69.7 Å². The molecule has 0 spiro atoms. The molecular formula is C28H31Cl2N3O3. The number of likely N-dealkylation sites (tertiary alicyclic amines) is 2. The van der Waals surface area contributed by atoms with Crippen LogP contribution < -0.4 is 0 Å². The van der Waals surface area contributed by atoms with Crippen LogP contribution in [0.15, 0.2) is 48.7 Å². The second kappa shape index (κ2) is 10.9. The van der Waals surface area contributed by atoms with E-state index >= 15 is 0 Å². The first kappa shape index (κ1) is 25.3. The summed E-state index contributed by atoms with van der Waals surface area (Å²) in [6.07, 6.45) is 5.39. The van der Waals surface area contributed by atoms with Crippen LogP contribution in [0.4, 0.5) is 0 Å². The van der Waals surface area contributed by atoms with Gasteiger partial charge in [-0.25, -0.2) is 0 Å². The second-order valence-electron chi connectivity index (χ2n) is 10.0. The zero-order chi connectivity index (χ0) is 25.2. The number of aromatic hydroxyl groups is 1. The van der Waals surface area contributed by atoms with Crippen molar-refractivity contribution in [3.63, 3.8) is 0 Å². The number of phenols is 1. The third-order valence-corrected chi connectivity index (χ3v) is 8.60. The molecule has 3 aromatic rings. The van der Waals surface area contributed by atoms with E-state index in [1.165, 1.54) is 0 Å². The smallest absolute Gasteiger partial charge is 0.254 e. The maximum atomic E-state index is 13.3. The maximum absolute atomic E-state index is 13.3. The van der Waals surface area contributed by atoms with Crippen molar-refractivity contribution < 1.29 is 15.0 Å². The highest BCUT2D eigenvalue weighted by Gasteiger charge is 2.34. The molecule has 190 valence electrons. The molecule has 36 heavy (non-hydrogen) atoms. The van der Waals surface area contributed by atoms with Gasteiger partial charge in [-0.15, -0.1) is 0 Å². The van der Waals surface area contributed by atoms with Crippen molar-refractivity contribution in [3.05, 3.63) is 69.8 Å². The van der Waals surface area contributed by atoms with E-state index in [9.17, 15) is 15.0 Å². The summed E-state index contributed by atoms with van der Waals surface area (Å²) in [5.74, 6) is 0.777. The predicted molar refractivity (Wildman–Crippen MR) is 143 cm³/mol. The zero-order valence-electron chi connectivity index (χ0n) is 20.1. The molecule has 0 bridgehead atoms. The number of benzene rings is 2. The minimum atomic E-state index is 0.0140. The topological polar surface area (TPSA) is 76.9 Å². The Labute approximate surface area is 221 Å². The number of carbonyl (C=O) groups is 1. The molecule has 2 saturated heterocycles. The SMILES string of the molecule is O=C(c1ccnc2cc(O)ccc12)N1CCC(N2CC[C@H](Cc3ccc(Cl)c(Cl)c3)[C@H](CO)C2)CC1. The number of rotatable bonds is 5. The molecule has 1 aromatic heterocycles. The van der Waals surface area contributed by atoms with Gasteiger partial charge in [0, 0.05) is 49.9 Å². The molecule has 6 nitrogen and oxygen atoms in total. The lowest BCUT2D eigenvalue weighted by Gasteiger charge is -2.44. The van der Waals surface area contributed by atoms with E-state index in [1.54, 1.807) is 30.5 Å². The highest BCUT2D eigenvalue weighted by atomic mass is 35.5. The Bertz CT molecular complexity index is 1250. The van der Waals surface area contributed by atoms with Crippen LogP contribution in [0.3, 0.4) is 0 Å². The number of carbonyl (C=O) groups excluding carboxylic acids is 1. The standard InChI is InChI=1S/C28H31Cl2N3O3/c29-25-4-1-18(14-26(25)30)13-19-6-10-33(16-20(19)17-34)21-7-11-32(12-8-21)28(36)24-5-9-31-27-15-22(35)2-3-23(24)27/h1-5,9,14-15,19-21,34-35H,6-8,10-13,16-17H2/t19-,20+/m1/s1. The molecule has 2 fully saturated rings. The van der Waals surface area contributed by atoms with Crippen LogP contribution in [-0.2, 0) is 6.42 Å². The minimum absolute atomic E-state index is 0.0140. The van der Waals surface area contributed by atoms with Crippen LogP contribution in [0.5, 0.6) is 5.75 Å². The number of halogens is 2. The number of aliphatic hydroxyl groups excluding tert-OH is 1. The van der Waals surface area contributed by atoms with Gasteiger partial charge in [0.15, 0.2) is 0 Å². The lowest BCUT2D eigenvalue weighted by molar-refractivity contribution is 0.0242. The maximum Gasteiger partial charge on any atom is 0.254 e. The summed E-state index contributed by atoms with van der Waals surface area (Å²) in [5.41, 5.74) is 2.41. The summed E-state index contributed by atoms with van der Waals surface area (Å²) in [5, 5.41) is 21.8. The summed E-state index contributed by atoms with van der Waals surface area (Å²) < 4.78 is 0. The highest BCUT2D eigenvalue weighted by Crippen LogP contribution is 2.32. The Balaban J connectivity index is 1.19. The van der Waals surface area contributed by atoms with Crippen molar-refractivity contribution in [2.45, 2.75) is 31.7 Å². The summed E-state index contributed by atoms with van der Waals surface area (Å²) >= 11 is 12.3. The quantitative estimate of drug-likeness (QED) is 0.486. The molecule has 2 aromatic carbocycles. The van der Waals surface area contributed by atoms with Crippen LogP contribution >= 0.6 is 23.2 Å².